The first-order chi connectivity index (χ1) is 4.09. The summed E-state index contributed by atoms with van der Waals surface area (Å²) in [5.74, 6) is 0.368. The van der Waals surface area contributed by atoms with Crippen LogP contribution in [-0.2, 0) is 0 Å². The van der Waals surface area contributed by atoms with Crippen molar-refractivity contribution < 1.29 is 0 Å². The number of hydrogen-bond donors (Lipinski definition) is 2. The number of hydrogen-bond acceptors (Lipinski definition) is 2. The molecule has 0 aromatic carbocycles. The Labute approximate surface area is 56.3 Å². The van der Waals surface area contributed by atoms with Gasteiger partial charge in [-0.1, -0.05) is 13.8 Å². The van der Waals surface area contributed by atoms with Crippen LogP contribution < -0.4 is 5.73 Å². The Bertz CT molecular complexity index is 134. The third-order valence-corrected chi connectivity index (χ3v) is 1.23. The second kappa shape index (κ2) is 3.28. The summed E-state index contributed by atoms with van der Waals surface area (Å²) in [7, 11) is 0. The molecule has 0 saturated carbocycles. The Morgan fingerprint density at radius 1 is 1.56 bits per heavy atom. The minimum Gasteiger partial charge on any atom is -0.404 e. The molecule has 0 aromatic rings. The van der Waals surface area contributed by atoms with Crippen LogP contribution in [0.25, 0.3) is 0 Å². The zero-order chi connectivity index (χ0) is 7.44. The van der Waals surface area contributed by atoms with Gasteiger partial charge in [0.15, 0.2) is 0 Å². The molecule has 0 unspecified atom stereocenters. The first-order valence-electron chi connectivity index (χ1n) is 3.07. The lowest BCUT2D eigenvalue weighted by Gasteiger charge is -2.06. The van der Waals surface area contributed by atoms with Gasteiger partial charge in [0.1, 0.15) is 0 Å². The van der Waals surface area contributed by atoms with Crippen molar-refractivity contribution in [1.29, 1.82) is 5.41 Å². The van der Waals surface area contributed by atoms with E-state index in [1.165, 1.54) is 6.20 Å². The van der Waals surface area contributed by atoms with E-state index < -0.39 is 0 Å². The fourth-order valence-corrected chi connectivity index (χ4v) is 0.750. The van der Waals surface area contributed by atoms with Crippen LogP contribution in [0.4, 0.5) is 0 Å². The van der Waals surface area contributed by atoms with Crippen LogP contribution in [0.2, 0.25) is 0 Å². The maximum absolute atomic E-state index is 7.23. The first kappa shape index (κ1) is 8.21. The van der Waals surface area contributed by atoms with Gasteiger partial charge >= 0.3 is 0 Å². The molecule has 0 atom stereocenters. The zero-order valence-corrected chi connectivity index (χ0v) is 6.23. The fourth-order valence-electron chi connectivity index (χ4n) is 0.750. The van der Waals surface area contributed by atoms with E-state index in [1.807, 2.05) is 13.8 Å². The molecule has 0 radical (unpaired) electrons. The molecule has 0 aliphatic rings. The smallest absolute Gasteiger partial charge is 0.0331 e. The van der Waals surface area contributed by atoms with Crippen LogP contribution in [0, 0.1) is 11.3 Å². The normalized spacial score (nSPS) is 12.2. The molecule has 0 spiro atoms. The monoisotopic (exact) mass is 126 g/mol. The van der Waals surface area contributed by atoms with Gasteiger partial charge in [-0.25, -0.2) is 0 Å². The Balaban J connectivity index is 4.19. The van der Waals surface area contributed by atoms with Crippen LogP contribution in [0.3, 0.4) is 0 Å². The minimum atomic E-state index is 0.368. The molecular weight excluding hydrogens is 112 g/mol. The molecule has 3 N–H and O–H groups in total. The van der Waals surface area contributed by atoms with Crippen LogP contribution in [-0.4, -0.2) is 5.71 Å². The van der Waals surface area contributed by atoms with Gasteiger partial charge in [0.25, 0.3) is 0 Å². The van der Waals surface area contributed by atoms with E-state index in [4.69, 9.17) is 11.1 Å². The van der Waals surface area contributed by atoms with Gasteiger partial charge in [-0.2, -0.15) is 0 Å². The van der Waals surface area contributed by atoms with Crippen molar-refractivity contribution in [3.8, 4) is 0 Å². The Morgan fingerprint density at radius 3 is 2.00 bits per heavy atom. The van der Waals surface area contributed by atoms with Crippen molar-refractivity contribution in [3.63, 3.8) is 0 Å². The molecule has 0 aliphatic heterocycles. The van der Waals surface area contributed by atoms with Gasteiger partial charge in [-0.15, -0.1) is 0 Å². The number of rotatable bonds is 2. The highest BCUT2D eigenvalue weighted by Crippen LogP contribution is 2.07. The number of allylic oxidation sites excluding steroid dienone is 1. The summed E-state index contributed by atoms with van der Waals surface area (Å²) in [5.41, 5.74) is 6.76. The standard InChI is InChI=1S/C7H14N2/c1-5(2)7(4-8)6(3)9/h4-5,9H,8H2,1-3H3/b7-4-,9-6?. The van der Waals surface area contributed by atoms with Crippen molar-refractivity contribution in [3.05, 3.63) is 11.8 Å². The van der Waals surface area contributed by atoms with Crippen molar-refractivity contribution >= 4 is 5.71 Å². The quantitative estimate of drug-likeness (QED) is 0.541. The molecular formula is C7H14N2. The molecule has 52 valence electrons. The van der Waals surface area contributed by atoms with E-state index in [2.05, 4.69) is 0 Å². The van der Waals surface area contributed by atoms with Crippen LogP contribution in [0.5, 0.6) is 0 Å². The molecule has 0 heterocycles. The molecule has 0 aliphatic carbocycles. The van der Waals surface area contributed by atoms with E-state index in [9.17, 15) is 0 Å². The minimum absolute atomic E-state index is 0.368. The van der Waals surface area contributed by atoms with E-state index >= 15 is 0 Å². The van der Waals surface area contributed by atoms with Gasteiger partial charge in [0.2, 0.25) is 0 Å². The Hall–Kier alpha value is -0.790. The summed E-state index contributed by atoms with van der Waals surface area (Å²) in [5, 5.41) is 7.23. The average molecular weight is 126 g/mol. The largest absolute Gasteiger partial charge is 0.404 e. The molecule has 2 nitrogen and oxygen atoms in total. The summed E-state index contributed by atoms with van der Waals surface area (Å²) >= 11 is 0. The van der Waals surface area contributed by atoms with Crippen molar-refractivity contribution in [1.82, 2.24) is 0 Å². The molecule has 2 heteroatoms. The van der Waals surface area contributed by atoms with Gasteiger partial charge in [0, 0.05) is 5.71 Å². The lowest BCUT2D eigenvalue weighted by atomic mass is 10.0. The topological polar surface area (TPSA) is 49.9 Å². The summed E-state index contributed by atoms with van der Waals surface area (Å²) in [6.45, 7) is 5.80. The van der Waals surface area contributed by atoms with Crippen molar-refractivity contribution in [2.24, 2.45) is 11.7 Å². The lowest BCUT2D eigenvalue weighted by molar-refractivity contribution is 0.797. The SMILES string of the molecule is CC(=N)/C(=C\N)C(C)C. The maximum atomic E-state index is 7.23. The Morgan fingerprint density at radius 2 is 2.00 bits per heavy atom. The van der Waals surface area contributed by atoms with Gasteiger partial charge in [0.05, 0.1) is 0 Å². The molecule has 0 rings (SSSR count). The summed E-state index contributed by atoms with van der Waals surface area (Å²) < 4.78 is 0. The molecule has 0 aromatic heterocycles. The third-order valence-electron chi connectivity index (χ3n) is 1.23. The first-order valence-corrected chi connectivity index (χ1v) is 3.07. The lowest BCUT2D eigenvalue weighted by Crippen LogP contribution is -2.05. The molecule has 9 heavy (non-hydrogen) atoms. The summed E-state index contributed by atoms with van der Waals surface area (Å²) in [6, 6.07) is 0. The highest BCUT2D eigenvalue weighted by molar-refractivity contribution is 5.95. The molecule has 0 amide bonds. The summed E-state index contributed by atoms with van der Waals surface area (Å²) in [6.07, 6.45) is 1.51. The second-order valence-corrected chi connectivity index (χ2v) is 2.40. The molecule has 0 saturated heterocycles. The number of nitrogens with two attached hydrogens (primary N) is 1. The van der Waals surface area contributed by atoms with Crippen LogP contribution in [0.1, 0.15) is 20.8 Å². The highest BCUT2D eigenvalue weighted by atomic mass is 14.5. The van der Waals surface area contributed by atoms with Gasteiger partial charge in [-0.3, -0.25) is 0 Å². The van der Waals surface area contributed by atoms with E-state index in [1.54, 1.807) is 6.92 Å². The van der Waals surface area contributed by atoms with Crippen LogP contribution >= 0.6 is 0 Å². The van der Waals surface area contributed by atoms with Gasteiger partial charge < -0.3 is 11.1 Å². The predicted octanol–water partition coefficient (Wildman–Crippen LogP) is 1.52. The zero-order valence-electron chi connectivity index (χ0n) is 6.23. The maximum Gasteiger partial charge on any atom is 0.0331 e. The van der Waals surface area contributed by atoms with Crippen molar-refractivity contribution in [2.45, 2.75) is 20.8 Å². The molecule has 0 fully saturated rings. The van der Waals surface area contributed by atoms with Crippen LogP contribution in [0.15, 0.2) is 11.8 Å². The fraction of sp³-hybridized carbons (Fsp3) is 0.571. The average Bonchev–Trinajstić information content (AvgIpc) is 1.64. The van der Waals surface area contributed by atoms with E-state index in [0.29, 0.717) is 11.6 Å². The van der Waals surface area contributed by atoms with Gasteiger partial charge in [-0.05, 0) is 24.6 Å². The van der Waals surface area contributed by atoms with E-state index in [0.717, 1.165) is 5.57 Å². The molecule has 0 bridgehead atoms. The Kier molecular flexibility index (Phi) is 2.99. The summed E-state index contributed by atoms with van der Waals surface area (Å²) in [4.78, 5) is 0. The third kappa shape index (κ3) is 2.31. The highest BCUT2D eigenvalue weighted by Gasteiger charge is 2.02. The van der Waals surface area contributed by atoms with Crippen molar-refractivity contribution in [2.75, 3.05) is 0 Å². The second-order valence-electron chi connectivity index (χ2n) is 2.40. The van der Waals surface area contributed by atoms with E-state index in [-0.39, 0.29) is 0 Å². The predicted molar refractivity (Wildman–Crippen MR) is 40.5 cm³/mol. The number of nitrogens with one attached hydrogen (secondary N) is 1.